The van der Waals surface area contributed by atoms with Gasteiger partial charge in [-0.3, -0.25) is 0 Å². The molecule has 1 heterocycles. The maximum Gasteiger partial charge on any atom is 0.328 e. The van der Waals surface area contributed by atoms with Gasteiger partial charge in [-0.2, -0.15) is 0 Å². The molecule has 3 nitrogen and oxygen atoms in total. The molecule has 26 heavy (non-hydrogen) atoms. The van der Waals surface area contributed by atoms with Gasteiger partial charge in [0.05, 0.1) is 0 Å². The van der Waals surface area contributed by atoms with Crippen LogP contribution >= 0.6 is 23.7 Å². The maximum absolute atomic E-state index is 10.8. The highest BCUT2D eigenvalue weighted by Crippen LogP contribution is 2.38. The molecule has 5 heteroatoms. The van der Waals surface area contributed by atoms with Crippen LogP contribution in [0.25, 0.3) is 11.6 Å². The van der Waals surface area contributed by atoms with E-state index in [0.29, 0.717) is 0 Å². The zero-order valence-corrected chi connectivity index (χ0v) is 16.7. The Bertz CT molecular complexity index is 836. The van der Waals surface area contributed by atoms with Gasteiger partial charge in [0.15, 0.2) is 0 Å². The first kappa shape index (κ1) is 20.4. The van der Waals surface area contributed by atoms with Crippen molar-refractivity contribution in [1.82, 2.24) is 4.90 Å². The van der Waals surface area contributed by atoms with Gasteiger partial charge in [0.2, 0.25) is 0 Å². The van der Waals surface area contributed by atoms with E-state index in [4.69, 9.17) is 5.11 Å². The Morgan fingerprint density at radius 3 is 2.73 bits per heavy atom. The van der Waals surface area contributed by atoms with Crippen molar-refractivity contribution >= 4 is 41.4 Å². The van der Waals surface area contributed by atoms with E-state index < -0.39 is 5.97 Å². The monoisotopic (exact) mass is 389 g/mol. The molecule has 0 spiro atoms. The summed E-state index contributed by atoms with van der Waals surface area (Å²) in [5.41, 5.74) is 5.26. The number of benzene rings is 1. The van der Waals surface area contributed by atoms with Gasteiger partial charge in [-0.1, -0.05) is 30.3 Å². The van der Waals surface area contributed by atoms with E-state index >= 15 is 0 Å². The number of carboxylic acid groups (broad SMARTS) is 1. The molecular formula is C21H24ClNO2S. The number of halogens is 1. The Labute approximate surface area is 165 Å². The molecule has 0 aliphatic heterocycles. The summed E-state index contributed by atoms with van der Waals surface area (Å²) in [5, 5.41) is 8.87. The summed E-state index contributed by atoms with van der Waals surface area (Å²) in [7, 11) is 4.18. The molecule has 0 saturated heterocycles. The number of hydrogen-bond donors (Lipinski definition) is 1. The van der Waals surface area contributed by atoms with E-state index in [-0.39, 0.29) is 12.4 Å². The second-order valence-electron chi connectivity index (χ2n) is 6.52. The predicted octanol–water partition coefficient (Wildman–Crippen LogP) is 4.75. The van der Waals surface area contributed by atoms with Crippen LogP contribution in [0, 0.1) is 0 Å². The number of carbonyl (C=O) groups is 1. The fraction of sp³-hybridized carbons (Fsp3) is 0.286. The van der Waals surface area contributed by atoms with Crippen molar-refractivity contribution in [3.8, 4) is 0 Å². The number of hydrogen-bond acceptors (Lipinski definition) is 3. The molecule has 0 bridgehead atoms. The number of aliphatic carboxylic acids is 1. The van der Waals surface area contributed by atoms with Crippen molar-refractivity contribution in [1.29, 1.82) is 0 Å². The molecule has 1 aromatic carbocycles. The molecule has 1 N–H and O–H groups in total. The summed E-state index contributed by atoms with van der Waals surface area (Å²) >= 11 is 1.70. The standard InChI is InChI=1S/C21H23NO2S.ClH/c1-22(2)13-5-8-18-17-7-4-3-6-15(17)9-11-20-19(18)14-16(25-20)10-12-21(23)24;/h3-4,6-8,10,12,14H,5,9,11,13H2,1-2H3,(H,23,24);1H. The van der Waals surface area contributed by atoms with E-state index in [1.165, 1.54) is 33.2 Å². The van der Waals surface area contributed by atoms with E-state index in [2.05, 4.69) is 55.4 Å². The Balaban J connectivity index is 0.00000243. The molecule has 1 aliphatic carbocycles. The van der Waals surface area contributed by atoms with Crippen molar-refractivity contribution < 1.29 is 9.90 Å². The average molecular weight is 390 g/mol. The lowest BCUT2D eigenvalue weighted by molar-refractivity contribution is -0.131. The minimum absolute atomic E-state index is 0. The number of nitrogens with zero attached hydrogens (tertiary/aromatic N) is 1. The third-order valence-electron chi connectivity index (χ3n) is 4.36. The predicted molar refractivity (Wildman–Crippen MR) is 112 cm³/mol. The van der Waals surface area contributed by atoms with Gasteiger partial charge in [-0.25, -0.2) is 4.79 Å². The van der Waals surface area contributed by atoms with Gasteiger partial charge in [0.25, 0.3) is 0 Å². The second-order valence-corrected chi connectivity index (χ2v) is 7.69. The summed E-state index contributed by atoms with van der Waals surface area (Å²) in [6.07, 6.45) is 8.27. The highest BCUT2D eigenvalue weighted by molar-refractivity contribution is 7.13. The van der Waals surface area contributed by atoms with Crippen LogP contribution < -0.4 is 0 Å². The SMILES string of the molecule is CN(C)CCC=C1c2ccccc2CCc2sc(C=CC(=O)O)cc21.Cl. The number of rotatable bonds is 5. The van der Waals surface area contributed by atoms with Gasteiger partial charge >= 0.3 is 5.97 Å². The molecule has 3 rings (SSSR count). The molecule has 0 saturated carbocycles. The normalized spacial score (nSPS) is 14.8. The molecule has 2 aromatic rings. The fourth-order valence-electron chi connectivity index (χ4n) is 3.18. The average Bonchev–Trinajstić information content (AvgIpc) is 2.92. The summed E-state index contributed by atoms with van der Waals surface area (Å²) in [5.74, 6) is -0.907. The molecule has 1 aliphatic rings. The van der Waals surface area contributed by atoms with Crippen molar-refractivity contribution in [3.05, 3.63) is 68.9 Å². The summed E-state index contributed by atoms with van der Waals surface area (Å²) in [4.78, 5) is 15.3. The van der Waals surface area contributed by atoms with Crippen molar-refractivity contribution in [3.63, 3.8) is 0 Å². The highest BCUT2D eigenvalue weighted by Gasteiger charge is 2.20. The second kappa shape index (κ2) is 9.17. The minimum Gasteiger partial charge on any atom is -0.478 e. The molecule has 0 atom stereocenters. The van der Waals surface area contributed by atoms with Gasteiger partial charge in [0.1, 0.15) is 0 Å². The molecule has 1 aromatic heterocycles. The zero-order chi connectivity index (χ0) is 17.8. The van der Waals surface area contributed by atoms with Crippen molar-refractivity contribution in [2.24, 2.45) is 0 Å². The third-order valence-corrected chi connectivity index (χ3v) is 5.52. The van der Waals surface area contributed by atoms with E-state index in [1.807, 2.05) is 0 Å². The van der Waals surface area contributed by atoms with Crippen LogP contribution in [-0.2, 0) is 17.6 Å². The third kappa shape index (κ3) is 4.85. The molecule has 138 valence electrons. The first-order valence-corrected chi connectivity index (χ1v) is 9.33. The van der Waals surface area contributed by atoms with Crippen molar-refractivity contribution in [2.45, 2.75) is 19.3 Å². The van der Waals surface area contributed by atoms with Crippen LogP contribution in [0.15, 0.2) is 42.5 Å². The Kier molecular flexibility index (Phi) is 7.21. The van der Waals surface area contributed by atoms with Crippen LogP contribution in [0.4, 0.5) is 0 Å². The number of fused-ring (bicyclic) bond motifs is 2. The van der Waals surface area contributed by atoms with E-state index in [1.54, 1.807) is 17.4 Å². The highest BCUT2D eigenvalue weighted by atomic mass is 35.5. The first-order valence-electron chi connectivity index (χ1n) is 8.52. The Hall–Kier alpha value is -1.88. The van der Waals surface area contributed by atoms with E-state index in [0.717, 1.165) is 30.7 Å². The lowest BCUT2D eigenvalue weighted by atomic mass is 9.95. The van der Waals surface area contributed by atoms with Crippen LogP contribution in [0.3, 0.4) is 0 Å². The molecule has 0 fully saturated rings. The number of aryl methyl sites for hydroxylation is 2. The van der Waals surface area contributed by atoms with E-state index in [9.17, 15) is 4.79 Å². The smallest absolute Gasteiger partial charge is 0.328 e. The fourth-order valence-corrected chi connectivity index (χ4v) is 4.26. The maximum atomic E-state index is 10.8. The molecule has 0 radical (unpaired) electrons. The summed E-state index contributed by atoms with van der Waals surface area (Å²) in [6.45, 7) is 1.01. The van der Waals surface area contributed by atoms with Gasteiger partial charge in [-0.15, -0.1) is 23.7 Å². The van der Waals surface area contributed by atoms with Gasteiger partial charge in [0, 0.05) is 22.4 Å². The first-order chi connectivity index (χ1) is 12.0. The quantitative estimate of drug-likeness (QED) is 0.750. The minimum atomic E-state index is -0.907. The lowest BCUT2D eigenvalue weighted by Crippen LogP contribution is -2.12. The Morgan fingerprint density at radius 2 is 2.00 bits per heavy atom. The molecule has 0 amide bonds. The summed E-state index contributed by atoms with van der Waals surface area (Å²) < 4.78 is 0. The number of carboxylic acids is 1. The van der Waals surface area contributed by atoms with Crippen LogP contribution in [0.5, 0.6) is 0 Å². The van der Waals surface area contributed by atoms with Gasteiger partial charge in [-0.05, 0) is 67.8 Å². The van der Waals surface area contributed by atoms with Crippen molar-refractivity contribution in [2.75, 3.05) is 20.6 Å². The van der Waals surface area contributed by atoms with Crippen LogP contribution in [0.1, 0.15) is 32.9 Å². The number of thiophene rings is 1. The van der Waals surface area contributed by atoms with Gasteiger partial charge < -0.3 is 10.0 Å². The van der Waals surface area contributed by atoms with Crippen LogP contribution in [-0.4, -0.2) is 36.6 Å². The molecular weight excluding hydrogens is 366 g/mol. The lowest BCUT2D eigenvalue weighted by Gasteiger charge is -2.11. The largest absolute Gasteiger partial charge is 0.478 e. The molecule has 0 unspecified atom stereocenters. The van der Waals surface area contributed by atoms with Crippen LogP contribution in [0.2, 0.25) is 0 Å². The Morgan fingerprint density at radius 1 is 1.23 bits per heavy atom. The zero-order valence-electron chi connectivity index (χ0n) is 15.1. The summed E-state index contributed by atoms with van der Waals surface area (Å²) in [6, 6.07) is 10.8. The topological polar surface area (TPSA) is 40.5 Å².